The quantitative estimate of drug-likeness (QED) is 0.903. The Morgan fingerprint density at radius 3 is 2.85 bits per heavy atom. The molecule has 1 N–H and O–H groups in total. The van der Waals surface area contributed by atoms with Crippen molar-refractivity contribution in [3.63, 3.8) is 0 Å². The maximum absolute atomic E-state index is 13.0. The van der Waals surface area contributed by atoms with E-state index in [4.69, 9.17) is 9.47 Å². The fourth-order valence-electron chi connectivity index (χ4n) is 3.75. The molecule has 6 nitrogen and oxygen atoms in total. The van der Waals surface area contributed by atoms with Gasteiger partial charge in [-0.25, -0.2) is 0 Å². The number of methoxy groups -OCH3 is 1. The lowest BCUT2D eigenvalue weighted by molar-refractivity contribution is -0.141. The van der Waals surface area contributed by atoms with Gasteiger partial charge in [0.2, 0.25) is 5.91 Å². The van der Waals surface area contributed by atoms with Crippen LogP contribution in [0.1, 0.15) is 16.8 Å². The molecule has 140 valence electrons. The molecule has 2 aromatic rings. The fourth-order valence-corrected chi connectivity index (χ4v) is 3.75. The van der Waals surface area contributed by atoms with Crippen molar-refractivity contribution in [2.75, 3.05) is 33.4 Å². The Hall–Kier alpha value is -2.86. The van der Waals surface area contributed by atoms with Gasteiger partial charge in [-0.3, -0.25) is 9.59 Å². The van der Waals surface area contributed by atoms with Crippen LogP contribution in [0.4, 0.5) is 0 Å². The van der Waals surface area contributed by atoms with Crippen LogP contribution in [0, 0.1) is 0 Å². The Bertz CT molecular complexity index is 870. The predicted molar refractivity (Wildman–Crippen MR) is 101 cm³/mol. The van der Waals surface area contributed by atoms with Crippen molar-refractivity contribution in [2.24, 2.45) is 0 Å². The van der Waals surface area contributed by atoms with Crippen LogP contribution < -0.4 is 10.1 Å². The molecule has 4 rings (SSSR count). The highest BCUT2D eigenvalue weighted by atomic mass is 16.5. The summed E-state index contributed by atoms with van der Waals surface area (Å²) in [5, 5.41) is 2.84. The summed E-state index contributed by atoms with van der Waals surface area (Å²) in [6.45, 7) is 1.63. The molecule has 2 saturated heterocycles. The number of ether oxygens (including phenoxy) is 2. The average Bonchev–Trinajstić information content (AvgIpc) is 3.14. The zero-order valence-corrected chi connectivity index (χ0v) is 15.2. The molecule has 2 amide bonds. The summed E-state index contributed by atoms with van der Waals surface area (Å²) in [7, 11) is 1.64. The summed E-state index contributed by atoms with van der Waals surface area (Å²) in [4.78, 5) is 26.2. The van der Waals surface area contributed by atoms with Crippen LogP contribution >= 0.6 is 0 Å². The fraction of sp³-hybridized carbons (Fsp3) is 0.333. The van der Waals surface area contributed by atoms with E-state index in [1.54, 1.807) is 12.0 Å². The summed E-state index contributed by atoms with van der Waals surface area (Å²) in [6.07, 6.45) is 0.727. The highest BCUT2D eigenvalue weighted by molar-refractivity contribution is 5.96. The first-order valence-corrected chi connectivity index (χ1v) is 9.04. The average molecular weight is 366 g/mol. The number of nitrogens with zero attached hydrogens (tertiary/aromatic N) is 1. The molecular weight excluding hydrogens is 344 g/mol. The van der Waals surface area contributed by atoms with Gasteiger partial charge < -0.3 is 19.7 Å². The van der Waals surface area contributed by atoms with E-state index in [2.05, 4.69) is 5.32 Å². The molecule has 6 heteroatoms. The van der Waals surface area contributed by atoms with Crippen LogP contribution in [0.25, 0.3) is 11.1 Å². The maximum Gasteiger partial charge on any atom is 0.253 e. The van der Waals surface area contributed by atoms with E-state index in [1.807, 2.05) is 48.5 Å². The van der Waals surface area contributed by atoms with Gasteiger partial charge in [-0.1, -0.05) is 30.3 Å². The number of carbonyl (C=O) groups excluding carboxylic acids is 2. The molecule has 1 spiro atoms. The Morgan fingerprint density at radius 2 is 2.07 bits per heavy atom. The van der Waals surface area contributed by atoms with Crippen molar-refractivity contribution in [3.8, 4) is 16.9 Å². The third-order valence-corrected chi connectivity index (χ3v) is 5.25. The van der Waals surface area contributed by atoms with Gasteiger partial charge in [0.1, 0.15) is 18.0 Å². The molecule has 2 aliphatic rings. The van der Waals surface area contributed by atoms with Gasteiger partial charge in [0.25, 0.3) is 5.91 Å². The first kappa shape index (κ1) is 17.5. The summed E-state index contributed by atoms with van der Waals surface area (Å²) in [5.41, 5.74) is 2.07. The number of hydrogen-bond donors (Lipinski definition) is 1. The minimum Gasteiger partial charge on any atom is -0.496 e. The van der Waals surface area contributed by atoms with Crippen LogP contribution in [0.15, 0.2) is 48.5 Å². The number of likely N-dealkylation sites (tertiary alicyclic amines) is 1. The number of benzene rings is 2. The van der Waals surface area contributed by atoms with E-state index in [9.17, 15) is 9.59 Å². The summed E-state index contributed by atoms with van der Waals surface area (Å²) in [6, 6.07) is 15.3. The van der Waals surface area contributed by atoms with Crippen molar-refractivity contribution in [3.05, 3.63) is 54.1 Å². The first-order valence-electron chi connectivity index (χ1n) is 9.04. The van der Waals surface area contributed by atoms with Crippen LogP contribution in [-0.4, -0.2) is 55.7 Å². The third-order valence-electron chi connectivity index (χ3n) is 5.25. The van der Waals surface area contributed by atoms with Crippen molar-refractivity contribution >= 4 is 11.8 Å². The second-order valence-electron chi connectivity index (χ2n) is 7.01. The van der Waals surface area contributed by atoms with Gasteiger partial charge in [0.05, 0.1) is 13.7 Å². The molecule has 1 atom stereocenters. The molecule has 2 fully saturated rings. The number of morpholine rings is 1. The Kier molecular flexibility index (Phi) is 4.58. The predicted octanol–water partition coefficient (Wildman–Crippen LogP) is 2.09. The van der Waals surface area contributed by atoms with Gasteiger partial charge in [-0.05, 0) is 30.2 Å². The molecule has 0 bridgehead atoms. The van der Waals surface area contributed by atoms with E-state index < -0.39 is 5.60 Å². The second kappa shape index (κ2) is 7.04. The largest absolute Gasteiger partial charge is 0.496 e. The van der Waals surface area contributed by atoms with Crippen LogP contribution in [0.5, 0.6) is 5.75 Å². The molecule has 2 aromatic carbocycles. The SMILES string of the molecule is COc1ccccc1-c1cccc(C(=O)N2CCC3(CNC(=O)CO3)C2)c1. The molecule has 1 unspecified atom stereocenters. The van der Waals surface area contributed by atoms with Crippen molar-refractivity contribution in [2.45, 2.75) is 12.0 Å². The van der Waals surface area contributed by atoms with E-state index in [0.717, 1.165) is 23.3 Å². The molecule has 0 saturated carbocycles. The van der Waals surface area contributed by atoms with Crippen LogP contribution in [-0.2, 0) is 9.53 Å². The van der Waals surface area contributed by atoms with Gasteiger partial charge in [0, 0.05) is 24.2 Å². The monoisotopic (exact) mass is 366 g/mol. The lowest BCUT2D eigenvalue weighted by atomic mass is 10.0. The van der Waals surface area contributed by atoms with E-state index in [-0.39, 0.29) is 18.4 Å². The highest BCUT2D eigenvalue weighted by Gasteiger charge is 2.43. The van der Waals surface area contributed by atoms with Gasteiger partial charge in [0.15, 0.2) is 0 Å². The number of para-hydroxylation sites is 1. The smallest absolute Gasteiger partial charge is 0.253 e. The standard InChI is InChI=1S/C21H22N2O4/c1-26-18-8-3-2-7-17(18)15-5-4-6-16(11-15)20(25)23-10-9-21(14-23)13-22-19(24)12-27-21/h2-8,11H,9-10,12-14H2,1H3,(H,22,24). The number of rotatable bonds is 3. The second-order valence-corrected chi connectivity index (χ2v) is 7.01. The summed E-state index contributed by atoms with van der Waals surface area (Å²) >= 11 is 0. The van der Waals surface area contributed by atoms with Gasteiger partial charge in [-0.15, -0.1) is 0 Å². The van der Waals surface area contributed by atoms with Crippen LogP contribution in [0.3, 0.4) is 0 Å². The molecule has 2 heterocycles. The number of hydrogen-bond acceptors (Lipinski definition) is 4. The number of nitrogens with one attached hydrogen (secondary N) is 1. The minimum atomic E-state index is -0.455. The summed E-state index contributed by atoms with van der Waals surface area (Å²) < 4.78 is 11.2. The Labute approximate surface area is 158 Å². The van der Waals surface area contributed by atoms with E-state index in [0.29, 0.717) is 25.2 Å². The molecule has 27 heavy (non-hydrogen) atoms. The topological polar surface area (TPSA) is 67.9 Å². The Morgan fingerprint density at radius 1 is 1.22 bits per heavy atom. The van der Waals surface area contributed by atoms with Crippen molar-refractivity contribution < 1.29 is 19.1 Å². The normalized spacial score (nSPS) is 22.0. The molecular formula is C21H22N2O4. The third kappa shape index (κ3) is 3.40. The molecule has 2 aliphatic heterocycles. The number of carbonyl (C=O) groups is 2. The zero-order valence-electron chi connectivity index (χ0n) is 15.2. The molecule has 0 aliphatic carbocycles. The minimum absolute atomic E-state index is 0.0240. The highest BCUT2D eigenvalue weighted by Crippen LogP contribution is 2.31. The maximum atomic E-state index is 13.0. The first-order chi connectivity index (χ1) is 13.1. The van der Waals surface area contributed by atoms with Crippen molar-refractivity contribution in [1.82, 2.24) is 10.2 Å². The summed E-state index contributed by atoms with van der Waals surface area (Å²) in [5.74, 6) is 0.646. The lowest BCUT2D eigenvalue weighted by Gasteiger charge is -2.33. The van der Waals surface area contributed by atoms with Crippen molar-refractivity contribution in [1.29, 1.82) is 0 Å². The van der Waals surface area contributed by atoms with Gasteiger partial charge in [-0.2, -0.15) is 0 Å². The van der Waals surface area contributed by atoms with E-state index in [1.165, 1.54) is 0 Å². The Balaban J connectivity index is 1.54. The zero-order chi connectivity index (χ0) is 18.9. The lowest BCUT2D eigenvalue weighted by Crippen LogP contribution is -2.54. The molecule has 0 radical (unpaired) electrons. The number of amides is 2. The van der Waals surface area contributed by atoms with Crippen LogP contribution in [0.2, 0.25) is 0 Å². The van der Waals surface area contributed by atoms with E-state index >= 15 is 0 Å². The van der Waals surface area contributed by atoms with Gasteiger partial charge >= 0.3 is 0 Å². The molecule has 0 aromatic heterocycles.